The Balaban J connectivity index is 1.12. The van der Waals surface area contributed by atoms with Crippen LogP contribution in [0.4, 0.5) is 0 Å². The van der Waals surface area contributed by atoms with Crippen molar-refractivity contribution in [2.45, 2.75) is 77.5 Å². The zero-order valence-electron chi connectivity index (χ0n) is 31.5. The van der Waals surface area contributed by atoms with Crippen molar-refractivity contribution in [2.24, 2.45) is 11.8 Å². The molecular formula is C38H50N8O6S2. The van der Waals surface area contributed by atoms with Crippen LogP contribution < -0.4 is 9.44 Å². The monoisotopic (exact) mass is 778 g/mol. The first kappa shape index (κ1) is 39.3. The number of hydrogen-bond acceptors (Lipinski definition) is 8. The quantitative estimate of drug-likeness (QED) is 0.151. The summed E-state index contributed by atoms with van der Waals surface area (Å²) in [5, 5.41) is 0. The maximum atomic E-state index is 13.5. The van der Waals surface area contributed by atoms with Crippen molar-refractivity contribution >= 4 is 31.9 Å². The minimum absolute atomic E-state index is 0.209. The van der Waals surface area contributed by atoms with Gasteiger partial charge in [-0.05, 0) is 59.8 Å². The SMILES string of the molecule is CC(C)[C@@H](NS(C)(=O)=O)C(=O)N1CCC[C@H]1c1ncc(-c2ccc(-c3ccc(-c4cnc([C@@H]5CCCN5C(=O)[C@H](NS(C)(=O)=O)C(C)C)[nH]4)cc3)cc2)[nH]1. The standard InChI is InChI=1S/C38H50N8O6S2/c1-23(2)33(43-53(5,49)50)37(47)45-19-7-9-31(45)35-39-21-29(41-35)27-15-11-25(12-16-27)26-13-17-28(18-14-26)30-22-40-36(42-30)32-10-8-20-46(32)38(48)34(24(3)4)44-54(6,51)52/h11-18,21-24,31-34,43-44H,7-10,19-20H2,1-6H3,(H,39,41)(H,40,42)/t31-,32-,33+,34+/m0/s1. The summed E-state index contributed by atoms with van der Waals surface area (Å²) in [5.41, 5.74) is 5.60. The van der Waals surface area contributed by atoms with Gasteiger partial charge in [-0.3, -0.25) is 9.59 Å². The van der Waals surface area contributed by atoms with E-state index in [4.69, 9.17) is 0 Å². The Morgan fingerprint density at radius 2 is 0.963 bits per heavy atom. The number of aromatic amines is 2. The predicted molar refractivity (Wildman–Crippen MR) is 208 cm³/mol. The van der Waals surface area contributed by atoms with Gasteiger partial charge in [0.1, 0.15) is 23.7 Å². The van der Waals surface area contributed by atoms with Gasteiger partial charge in [0, 0.05) is 13.1 Å². The summed E-state index contributed by atoms with van der Waals surface area (Å²) < 4.78 is 52.9. The van der Waals surface area contributed by atoms with Gasteiger partial charge in [-0.15, -0.1) is 0 Å². The smallest absolute Gasteiger partial charge is 0.241 e. The molecule has 4 atom stereocenters. The number of sulfonamides is 2. The fraction of sp³-hybridized carbons (Fsp3) is 0.474. The van der Waals surface area contributed by atoms with Gasteiger partial charge in [0.2, 0.25) is 31.9 Å². The number of nitrogens with one attached hydrogen (secondary N) is 4. The van der Waals surface area contributed by atoms with Crippen LogP contribution in [0, 0.1) is 11.8 Å². The molecule has 290 valence electrons. The number of carbonyl (C=O) groups is 2. The molecule has 2 fully saturated rings. The zero-order chi connectivity index (χ0) is 38.9. The Labute approximate surface area is 317 Å². The Bertz CT molecular complexity index is 2020. The van der Waals surface area contributed by atoms with Gasteiger partial charge >= 0.3 is 0 Å². The van der Waals surface area contributed by atoms with Crippen molar-refractivity contribution in [3.05, 3.63) is 72.6 Å². The first-order valence-corrected chi connectivity index (χ1v) is 22.1. The van der Waals surface area contributed by atoms with Gasteiger partial charge in [-0.1, -0.05) is 76.2 Å². The summed E-state index contributed by atoms with van der Waals surface area (Å²) in [4.78, 5) is 46.5. The van der Waals surface area contributed by atoms with E-state index in [1.54, 1.807) is 22.2 Å². The predicted octanol–water partition coefficient (Wildman–Crippen LogP) is 4.61. The van der Waals surface area contributed by atoms with Crippen LogP contribution in [0.3, 0.4) is 0 Å². The lowest BCUT2D eigenvalue weighted by molar-refractivity contribution is -0.135. The Morgan fingerprint density at radius 1 is 0.630 bits per heavy atom. The fourth-order valence-electron chi connectivity index (χ4n) is 7.38. The molecule has 16 heteroatoms. The number of imidazole rings is 2. The van der Waals surface area contributed by atoms with Crippen LogP contribution in [0.1, 0.15) is 77.1 Å². The highest BCUT2D eigenvalue weighted by Crippen LogP contribution is 2.35. The third kappa shape index (κ3) is 8.94. The molecule has 0 saturated carbocycles. The van der Waals surface area contributed by atoms with Crippen molar-refractivity contribution in [1.82, 2.24) is 39.2 Å². The molecule has 0 bridgehead atoms. The lowest BCUT2D eigenvalue weighted by Crippen LogP contribution is -2.50. The van der Waals surface area contributed by atoms with E-state index in [0.29, 0.717) is 24.7 Å². The van der Waals surface area contributed by atoms with E-state index in [1.165, 1.54) is 0 Å². The van der Waals surface area contributed by atoms with Crippen LogP contribution in [0.5, 0.6) is 0 Å². The number of likely N-dealkylation sites (tertiary alicyclic amines) is 2. The average molecular weight is 779 g/mol. The highest BCUT2D eigenvalue weighted by Gasteiger charge is 2.39. The third-order valence-electron chi connectivity index (χ3n) is 10.2. The van der Waals surface area contributed by atoms with Crippen LogP contribution in [0.2, 0.25) is 0 Å². The number of aromatic nitrogens is 4. The van der Waals surface area contributed by atoms with E-state index in [-0.39, 0.29) is 35.7 Å². The molecule has 0 unspecified atom stereocenters. The molecule has 2 amide bonds. The summed E-state index contributed by atoms with van der Waals surface area (Å²) in [6.07, 6.45) is 8.75. The molecule has 0 aliphatic carbocycles. The number of hydrogen-bond donors (Lipinski definition) is 4. The second kappa shape index (κ2) is 15.8. The highest BCUT2D eigenvalue weighted by molar-refractivity contribution is 7.89. The highest BCUT2D eigenvalue weighted by atomic mass is 32.2. The maximum absolute atomic E-state index is 13.5. The number of H-pyrrole nitrogens is 2. The Morgan fingerprint density at radius 3 is 1.28 bits per heavy atom. The van der Waals surface area contributed by atoms with Crippen LogP contribution in [0.15, 0.2) is 60.9 Å². The summed E-state index contributed by atoms with van der Waals surface area (Å²) >= 11 is 0. The molecule has 4 heterocycles. The topological polar surface area (TPSA) is 190 Å². The number of amides is 2. The largest absolute Gasteiger partial charge is 0.340 e. The molecule has 2 aromatic heterocycles. The molecule has 54 heavy (non-hydrogen) atoms. The lowest BCUT2D eigenvalue weighted by Gasteiger charge is -2.29. The van der Waals surface area contributed by atoms with Gasteiger partial charge in [0.05, 0.1) is 48.4 Å². The number of carbonyl (C=O) groups excluding carboxylic acids is 2. The van der Waals surface area contributed by atoms with Gasteiger partial charge < -0.3 is 19.8 Å². The summed E-state index contributed by atoms with van der Waals surface area (Å²) in [7, 11) is -7.12. The minimum atomic E-state index is -3.56. The Hall–Kier alpha value is -4.38. The van der Waals surface area contributed by atoms with Gasteiger partial charge in [0.15, 0.2) is 0 Å². The van der Waals surface area contributed by atoms with E-state index in [2.05, 4.69) is 29.4 Å². The Kier molecular flexibility index (Phi) is 11.5. The number of nitrogens with zero attached hydrogens (tertiary/aromatic N) is 4. The van der Waals surface area contributed by atoms with Gasteiger partial charge in [-0.2, -0.15) is 0 Å². The van der Waals surface area contributed by atoms with Crippen molar-refractivity contribution in [1.29, 1.82) is 0 Å². The average Bonchev–Trinajstić information content (AvgIpc) is 3.95. The second-order valence-corrected chi connectivity index (χ2v) is 18.7. The molecule has 0 radical (unpaired) electrons. The van der Waals surface area contributed by atoms with Gasteiger partial charge in [-0.25, -0.2) is 36.2 Å². The molecule has 2 saturated heterocycles. The van der Waals surface area contributed by atoms with Crippen molar-refractivity contribution in [3.63, 3.8) is 0 Å². The molecule has 6 rings (SSSR count). The zero-order valence-corrected chi connectivity index (χ0v) is 33.2. The summed E-state index contributed by atoms with van der Waals surface area (Å²) in [6.45, 7) is 8.39. The van der Waals surface area contributed by atoms with E-state index in [0.717, 1.165) is 71.8 Å². The fourth-order valence-corrected chi connectivity index (χ4v) is 9.05. The minimum Gasteiger partial charge on any atom is -0.340 e. The van der Waals surface area contributed by atoms with Crippen molar-refractivity contribution < 1.29 is 26.4 Å². The van der Waals surface area contributed by atoms with E-state index in [9.17, 15) is 26.4 Å². The third-order valence-corrected chi connectivity index (χ3v) is 11.5. The van der Waals surface area contributed by atoms with Crippen LogP contribution in [0.25, 0.3) is 33.6 Å². The first-order valence-electron chi connectivity index (χ1n) is 18.4. The maximum Gasteiger partial charge on any atom is 0.241 e. The first-order chi connectivity index (χ1) is 25.5. The summed E-state index contributed by atoms with van der Waals surface area (Å²) in [5.74, 6) is 0.448. The molecular weight excluding hydrogens is 729 g/mol. The van der Waals surface area contributed by atoms with Gasteiger partial charge in [0.25, 0.3) is 0 Å². The van der Waals surface area contributed by atoms with E-state index < -0.39 is 32.1 Å². The van der Waals surface area contributed by atoms with Crippen LogP contribution in [-0.2, 0) is 29.6 Å². The van der Waals surface area contributed by atoms with Crippen molar-refractivity contribution in [2.75, 3.05) is 25.6 Å². The van der Waals surface area contributed by atoms with Crippen LogP contribution >= 0.6 is 0 Å². The number of benzene rings is 2. The lowest BCUT2D eigenvalue weighted by atomic mass is 10.0. The van der Waals surface area contributed by atoms with Crippen LogP contribution in [-0.4, -0.2) is 96.1 Å². The van der Waals surface area contributed by atoms with E-state index in [1.807, 2.05) is 76.2 Å². The van der Waals surface area contributed by atoms with E-state index >= 15 is 0 Å². The normalized spacial score (nSPS) is 19.2. The molecule has 0 spiro atoms. The summed E-state index contributed by atoms with van der Waals surface area (Å²) in [6, 6.07) is 14.1. The van der Waals surface area contributed by atoms with Crippen molar-refractivity contribution in [3.8, 4) is 33.6 Å². The second-order valence-electron chi connectivity index (χ2n) is 15.1. The molecule has 4 N–H and O–H groups in total. The molecule has 2 aliphatic rings. The number of rotatable bonds is 13. The molecule has 2 aliphatic heterocycles. The molecule has 14 nitrogen and oxygen atoms in total. The molecule has 2 aromatic carbocycles. The molecule has 4 aromatic rings.